The summed E-state index contributed by atoms with van der Waals surface area (Å²) < 4.78 is 0. The van der Waals surface area contributed by atoms with E-state index in [9.17, 15) is 5.11 Å². The van der Waals surface area contributed by atoms with E-state index in [1.165, 1.54) is 0 Å². The van der Waals surface area contributed by atoms with Crippen LogP contribution in [0.4, 0.5) is 0 Å². The molecule has 0 amide bonds. The van der Waals surface area contributed by atoms with Crippen molar-refractivity contribution in [2.24, 2.45) is 11.1 Å². The lowest BCUT2D eigenvalue weighted by Crippen LogP contribution is -2.42. The molecule has 0 aliphatic heterocycles. The van der Waals surface area contributed by atoms with E-state index in [0.29, 0.717) is 11.6 Å². The number of aliphatic hydroxyl groups is 1. The van der Waals surface area contributed by atoms with Gasteiger partial charge in [0, 0.05) is 34.1 Å². The summed E-state index contributed by atoms with van der Waals surface area (Å²) in [6, 6.07) is 7.48. The molecule has 1 aliphatic carbocycles. The van der Waals surface area contributed by atoms with E-state index in [4.69, 9.17) is 17.3 Å². The van der Waals surface area contributed by atoms with Crippen molar-refractivity contribution >= 4 is 22.5 Å². The van der Waals surface area contributed by atoms with Crippen molar-refractivity contribution in [1.29, 1.82) is 0 Å². The lowest BCUT2D eigenvalue weighted by Gasteiger charge is -2.45. The number of halogens is 1. The Hall–Kier alpha value is -1.16. The normalized spacial score (nSPS) is 19.1. The fourth-order valence-corrected chi connectivity index (χ4v) is 3.15. The zero-order chi connectivity index (χ0) is 13.5. The highest BCUT2D eigenvalue weighted by atomic mass is 35.5. The summed E-state index contributed by atoms with van der Waals surface area (Å²) >= 11 is 6.18. The number of aliphatic hydroxyl groups excluding tert-OH is 1. The Labute approximate surface area is 117 Å². The molecule has 3 nitrogen and oxygen atoms in total. The van der Waals surface area contributed by atoms with Crippen LogP contribution in [0, 0.1) is 5.41 Å². The van der Waals surface area contributed by atoms with E-state index in [1.54, 1.807) is 6.20 Å². The van der Waals surface area contributed by atoms with Crippen LogP contribution in [0.3, 0.4) is 0 Å². The van der Waals surface area contributed by atoms with Crippen molar-refractivity contribution in [1.82, 2.24) is 4.98 Å². The average molecular weight is 277 g/mol. The van der Waals surface area contributed by atoms with Gasteiger partial charge in [0.05, 0.1) is 11.6 Å². The van der Waals surface area contributed by atoms with Crippen LogP contribution in [-0.2, 0) is 0 Å². The number of fused-ring (bicyclic) bond motifs is 1. The zero-order valence-electron chi connectivity index (χ0n) is 10.6. The molecular formula is C15H17ClN2O. The molecule has 1 saturated carbocycles. The summed E-state index contributed by atoms with van der Waals surface area (Å²) in [4.78, 5) is 4.38. The van der Waals surface area contributed by atoms with Gasteiger partial charge in [-0.15, -0.1) is 0 Å². The Morgan fingerprint density at radius 1 is 1.37 bits per heavy atom. The highest BCUT2D eigenvalue weighted by Gasteiger charge is 2.43. The molecule has 1 aliphatic rings. The summed E-state index contributed by atoms with van der Waals surface area (Å²) in [5, 5.41) is 12.3. The third kappa shape index (κ3) is 1.93. The standard InChI is InChI=1S/C15H17ClN2O/c16-12-5-4-11(13-10(12)3-1-8-18-13)14(19)15(9-17)6-2-7-15/h1,3-5,8,14,19H,2,6-7,9,17H2. The third-order valence-electron chi connectivity index (χ3n) is 4.38. The van der Waals surface area contributed by atoms with Gasteiger partial charge in [-0.2, -0.15) is 0 Å². The first kappa shape index (κ1) is 12.9. The fraction of sp³-hybridized carbons (Fsp3) is 0.400. The van der Waals surface area contributed by atoms with Crippen molar-refractivity contribution in [3.63, 3.8) is 0 Å². The van der Waals surface area contributed by atoms with Crippen LogP contribution in [0.1, 0.15) is 30.9 Å². The number of benzene rings is 1. The van der Waals surface area contributed by atoms with Gasteiger partial charge in [-0.3, -0.25) is 4.98 Å². The average Bonchev–Trinajstić information content (AvgIpc) is 2.39. The lowest BCUT2D eigenvalue weighted by molar-refractivity contribution is -0.0289. The molecule has 0 radical (unpaired) electrons. The highest BCUT2D eigenvalue weighted by molar-refractivity contribution is 6.35. The molecule has 2 aromatic rings. The molecule has 0 spiro atoms. The molecule has 0 saturated heterocycles. The van der Waals surface area contributed by atoms with Gasteiger partial charge in [0.2, 0.25) is 0 Å². The molecule has 4 heteroatoms. The van der Waals surface area contributed by atoms with Crippen LogP contribution in [0.15, 0.2) is 30.5 Å². The maximum absolute atomic E-state index is 10.7. The van der Waals surface area contributed by atoms with Crippen molar-refractivity contribution in [2.75, 3.05) is 6.54 Å². The Balaban J connectivity index is 2.13. The van der Waals surface area contributed by atoms with Crippen LogP contribution in [0.5, 0.6) is 0 Å². The monoisotopic (exact) mass is 276 g/mol. The maximum Gasteiger partial charge on any atom is 0.0879 e. The Morgan fingerprint density at radius 2 is 2.16 bits per heavy atom. The maximum atomic E-state index is 10.7. The van der Waals surface area contributed by atoms with E-state index < -0.39 is 6.10 Å². The summed E-state index contributed by atoms with van der Waals surface area (Å²) in [6.45, 7) is 0.505. The predicted octanol–water partition coefficient (Wildman–Crippen LogP) is 3.05. The van der Waals surface area contributed by atoms with Gasteiger partial charge in [0.1, 0.15) is 0 Å². The van der Waals surface area contributed by atoms with E-state index >= 15 is 0 Å². The minimum Gasteiger partial charge on any atom is -0.388 e. The topological polar surface area (TPSA) is 59.1 Å². The SMILES string of the molecule is NCC1(C(O)c2ccc(Cl)c3cccnc23)CCC1. The molecule has 0 bridgehead atoms. The number of rotatable bonds is 3. The first-order valence-corrected chi connectivity index (χ1v) is 6.97. The summed E-state index contributed by atoms with van der Waals surface area (Å²) in [5.41, 5.74) is 7.31. The number of aromatic nitrogens is 1. The zero-order valence-corrected chi connectivity index (χ0v) is 11.4. The van der Waals surface area contributed by atoms with Gasteiger partial charge < -0.3 is 10.8 Å². The van der Waals surface area contributed by atoms with E-state index in [-0.39, 0.29) is 5.41 Å². The Kier molecular flexibility index (Phi) is 3.21. The van der Waals surface area contributed by atoms with Crippen LogP contribution in [0.2, 0.25) is 5.02 Å². The lowest BCUT2D eigenvalue weighted by atomic mass is 9.63. The van der Waals surface area contributed by atoms with Gasteiger partial charge >= 0.3 is 0 Å². The first-order chi connectivity index (χ1) is 9.18. The quantitative estimate of drug-likeness (QED) is 0.906. The Morgan fingerprint density at radius 3 is 2.79 bits per heavy atom. The molecule has 1 fully saturated rings. The molecule has 1 unspecified atom stereocenters. The van der Waals surface area contributed by atoms with Crippen LogP contribution < -0.4 is 5.73 Å². The molecule has 19 heavy (non-hydrogen) atoms. The molecule has 3 N–H and O–H groups in total. The third-order valence-corrected chi connectivity index (χ3v) is 4.71. The summed E-state index contributed by atoms with van der Waals surface area (Å²) in [6.07, 6.45) is 4.24. The van der Waals surface area contributed by atoms with E-state index in [0.717, 1.165) is 35.7 Å². The molecule has 1 aromatic heterocycles. The van der Waals surface area contributed by atoms with E-state index in [2.05, 4.69) is 4.98 Å². The second-order valence-electron chi connectivity index (χ2n) is 5.36. The number of pyridine rings is 1. The second kappa shape index (κ2) is 4.75. The number of nitrogens with zero attached hydrogens (tertiary/aromatic N) is 1. The minimum atomic E-state index is -0.569. The van der Waals surface area contributed by atoms with Crippen LogP contribution in [-0.4, -0.2) is 16.6 Å². The number of hydrogen-bond donors (Lipinski definition) is 2. The summed E-state index contributed by atoms with van der Waals surface area (Å²) in [7, 11) is 0. The second-order valence-corrected chi connectivity index (χ2v) is 5.77. The molecule has 1 atom stereocenters. The van der Waals surface area contributed by atoms with Gasteiger partial charge in [0.25, 0.3) is 0 Å². The van der Waals surface area contributed by atoms with Gasteiger partial charge in [0.15, 0.2) is 0 Å². The van der Waals surface area contributed by atoms with Crippen LogP contribution >= 0.6 is 11.6 Å². The van der Waals surface area contributed by atoms with Crippen molar-refractivity contribution < 1.29 is 5.11 Å². The fourth-order valence-electron chi connectivity index (χ4n) is 2.93. The number of nitrogens with two attached hydrogens (primary N) is 1. The summed E-state index contributed by atoms with van der Waals surface area (Å²) in [5.74, 6) is 0. The van der Waals surface area contributed by atoms with Crippen molar-refractivity contribution in [3.05, 3.63) is 41.0 Å². The van der Waals surface area contributed by atoms with Gasteiger partial charge in [-0.1, -0.05) is 24.1 Å². The van der Waals surface area contributed by atoms with Crippen LogP contribution in [0.25, 0.3) is 10.9 Å². The van der Waals surface area contributed by atoms with Crippen molar-refractivity contribution in [3.8, 4) is 0 Å². The largest absolute Gasteiger partial charge is 0.388 e. The Bertz CT molecular complexity index is 605. The predicted molar refractivity (Wildman–Crippen MR) is 77.1 cm³/mol. The smallest absolute Gasteiger partial charge is 0.0879 e. The molecule has 1 aromatic carbocycles. The highest BCUT2D eigenvalue weighted by Crippen LogP contribution is 2.50. The van der Waals surface area contributed by atoms with E-state index in [1.807, 2.05) is 24.3 Å². The molecule has 3 rings (SSSR count). The molecule has 1 heterocycles. The van der Waals surface area contributed by atoms with Gasteiger partial charge in [-0.25, -0.2) is 0 Å². The number of hydrogen-bond acceptors (Lipinski definition) is 3. The molecule has 100 valence electrons. The minimum absolute atomic E-state index is 0.182. The van der Waals surface area contributed by atoms with Crippen molar-refractivity contribution in [2.45, 2.75) is 25.4 Å². The van der Waals surface area contributed by atoms with Gasteiger partial charge in [-0.05, 0) is 31.0 Å². The first-order valence-electron chi connectivity index (χ1n) is 6.59. The molecular weight excluding hydrogens is 260 g/mol.